The summed E-state index contributed by atoms with van der Waals surface area (Å²) in [6, 6.07) is 4.24. The Balaban J connectivity index is 2.54. The summed E-state index contributed by atoms with van der Waals surface area (Å²) in [6.45, 7) is 12.6. The third kappa shape index (κ3) is 2.79. The van der Waals surface area contributed by atoms with Crippen molar-refractivity contribution < 1.29 is 4.79 Å². The normalized spacial score (nSPS) is 13.9. The molecule has 2 heteroatoms. The van der Waals surface area contributed by atoms with Crippen LogP contribution in [0.15, 0.2) is 17.7 Å². The van der Waals surface area contributed by atoms with Crippen LogP contribution in [0.2, 0.25) is 0 Å². The molecule has 106 valence electrons. The van der Waals surface area contributed by atoms with E-state index in [-0.39, 0.29) is 11.3 Å². The van der Waals surface area contributed by atoms with Gasteiger partial charge in [0.2, 0.25) is 0 Å². The van der Waals surface area contributed by atoms with Gasteiger partial charge in [0.05, 0.1) is 0 Å². The van der Waals surface area contributed by atoms with Crippen LogP contribution in [0.3, 0.4) is 0 Å². The summed E-state index contributed by atoms with van der Waals surface area (Å²) in [6.07, 6.45) is 4.13. The average molecular weight is 269 g/mol. The summed E-state index contributed by atoms with van der Waals surface area (Å²) in [5.74, 6) is -0.131. The second kappa shape index (κ2) is 5.43. The molecule has 1 aliphatic rings. The standard InChI is InChI=1S/C18H23NO/c1-6-12-8-13-10-14(18(3,4)5)11-16(15(13)9-12)17(20)19-7-2/h8,10-11H,2,6-7,9H2,1,3-5H3. The molecule has 0 spiro atoms. The van der Waals surface area contributed by atoms with Crippen molar-refractivity contribution in [2.45, 2.75) is 46.0 Å². The summed E-state index contributed by atoms with van der Waals surface area (Å²) in [4.78, 5) is 12.2. The molecule has 0 fully saturated rings. The summed E-state index contributed by atoms with van der Waals surface area (Å²) < 4.78 is 0. The molecule has 1 amide bonds. The third-order valence-corrected chi connectivity index (χ3v) is 3.85. The highest BCUT2D eigenvalue weighted by Crippen LogP contribution is 2.34. The first-order valence-electron chi connectivity index (χ1n) is 7.24. The molecule has 2 radical (unpaired) electrons. The number of allylic oxidation sites excluding steroid dienone is 1. The Bertz CT molecular complexity index is 562. The van der Waals surface area contributed by atoms with E-state index >= 15 is 0 Å². The number of hydrogen-bond donors (Lipinski definition) is 0. The Morgan fingerprint density at radius 2 is 2.05 bits per heavy atom. The molecule has 0 N–H and O–H groups in total. The van der Waals surface area contributed by atoms with E-state index in [0.717, 1.165) is 24.0 Å². The lowest BCUT2D eigenvalue weighted by Crippen LogP contribution is -2.20. The molecule has 0 atom stereocenters. The number of amides is 1. The average Bonchev–Trinajstić information content (AvgIpc) is 2.79. The first-order chi connectivity index (χ1) is 9.36. The van der Waals surface area contributed by atoms with Crippen LogP contribution in [0.4, 0.5) is 0 Å². The van der Waals surface area contributed by atoms with E-state index < -0.39 is 0 Å². The van der Waals surface area contributed by atoms with Gasteiger partial charge in [0.25, 0.3) is 5.91 Å². The van der Waals surface area contributed by atoms with Crippen molar-refractivity contribution in [3.8, 4) is 0 Å². The van der Waals surface area contributed by atoms with Crippen molar-refractivity contribution in [3.05, 3.63) is 46.9 Å². The molecule has 1 aliphatic carbocycles. The minimum absolute atomic E-state index is 0.0251. The lowest BCUT2D eigenvalue weighted by atomic mass is 9.83. The number of fused-ring (bicyclic) bond motifs is 1. The largest absolute Gasteiger partial charge is 0.272 e. The van der Waals surface area contributed by atoms with Gasteiger partial charge < -0.3 is 0 Å². The molecule has 0 aliphatic heterocycles. The van der Waals surface area contributed by atoms with Crippen LogP contribution in [0, 0.1) is 6.92 Å². The molecule has 2 nitrogen and oxygen atoms in total. The predicted molar refractivity (Wildman–Crippen MR) is 83.8 cm³/mol. The van der Waals surface area contributed by atoms with Crippen molar-refractivity contribution in [1.29, 1.82) is 0 Å². The molecule has 0 aromatic heterocycles. The maximum absolute atomic E-state index is 12.2. The number of rotatable bonds is 3. The molecule has 1 aromatic carbocycles. The van der Waals surface area contributed by atoms with E-state index in [0.29, 0.717) is 6.54 Å². The molecule has 0 heterocycles. The van der Waals surface area contributed by atoms with Gasteiger partial charge in [-0.3, -0.25) is 4.79 Å². The number of carbonyl (C=O) groups excluding carboxylic acids is 1. The molecular weight excluding hydrogens is 246 g/mol. The highest BCUT2D eigenvalue weighted by atomic mass is 16.1. The lowest BCUT2D eigenvalue weighted by molar-refractivity contribution is 0.0952. The zero-order valence-electron chi connectivity index (χ0n) is 12.9. The van der Waals surface area contributed by atoms with Gasteiger partial charge in [-0.05, 0) is 47.9 Å². The van der Waals surface area contributed by atoms with Gasteiger partial charge in [-0.15, -0.1) is 0 Å². The highest BCUT2D eigenvalue weighted by Gasteiger charge is 2.24. The van der Waals surface area contributed by atoms with E-state index in [1.54, 1.807) is 0 Å². The zero-order valence-corrected chi connectivity index (χ0v) is 12.9. The van der Waals surface area contributed by atoms with Crippen molar-refractivity contribution in [2.75, 3.05) is 6.54 Å². The van der Waals surface area contributed by atoms with E-state index in [4.69, 9.17) is 0 Å². The molecule has 2 rings (SSSR count). The minimum atomic E-state index is -0.131. The first-order valence-corrected chi connectivity index (χ1v) is 7.24. The van der Waals surface area contributed by atoms with Gasteiger partial charge in [-0.25, -0.2) is 5.32 Å². The van der Waals surface area contributed by atoms with Crippen LogP contribution in [-0.4, -0.2) is 12.5 Å². The van der Waals surface area contributed by atoms with Gasteiger partial charge in [0.15, 0.2) is 0 Å². The van der Waals surface area contributed by atoms with E-state index in [1.807, 2.05) is 6.07 Å². The van der Waals surface area contributed by atoms with Gasteiger partial charge >= 0.3 is 0 Å². The topological polar surface area (TPSA) is 31.2 Å². The zero-order chi connectivity index (χ0) is 14.9. The fraction of sp³-hybridized carbons (Fsp3) is 0.444. The molecule has 0 saturated heterocycles. The Labute approximate surface area is 122 Å². The summed E-state index contributed by atoms with van der Waals surface area (Å²) in [7, 11) is 0. The number of nitrogens with zero attached hydrogens (tertiary/aromatic N) is 1. The van der Waals surface area contributed by atoms with Crippen LogP contribution in [0.25, 0.3) is 6.08 Å². The van der Waals surface area contributed by atoms with Crippen LogP contribution in [-0.2, 0) is 11.8 Å². The smallest absolute Gasteiger partial charge is 0.267 e. The third-order valence-electron chi connectivity index (χ3n) is 3.85. The predicted octanol–water partition coefficient (Wildman–Crippen LogP) is 3.91. The molecule has 0 unspecified atom stereocenters. The molecular formula is C18H23NO. The number of hydrogen-bond acceptors (Lipinski definition) is 1. The van der Waals surface area contributed by atoms with Gasteiger partial charge in [-0.1, -0.05) is 45.4 Å². The van der Waals surface area contributed by atoms with Crippen molar-refractivity contribution in [2.24, 2.45) is 0 Å². The monoisotopic (exact) mass is 269 g/mol. The minimum Gasteiger partial charge on any atom is -0.267 e. The Morgan fingerprint density at radius 1 is 1.35 bits per heavy atom. The van der Waals surface area contributed by atoms with Crippen LogP contribution >= 0.6 is 0 Å². The second-order valence-corrected chi connectivity index (χ2v) is 6.36. The van der Waals surface area contributed by atoms with E-state index in [1.165, 1.54) is 16.7 Å². The SMILES string of the molecule is [CH2]C[N]C(=O)c1cc(C(C)(C)C)cc2c1CC(CC)=C2. The van der Waals surface area contributed by atoms with Gasteiger partial charge in [-0.2, -0.15) is 0 Å². The molecule has 0 saturated carbocycles. The van der Waals surface area contributed by atoms with Crippen molar-refractivity contribution in [3.63, 3.8) is 0 Å². The fourth-order valence-corrected chi connectivity index (χ4v) is 2.56. The van der Waals surface area contributed by atoms with Gasteiger partial charge in [0.1, 0.15) is 0 Å². The molecule has 20 heavy (non-hydrogen) atoms. The highest BCUT2D eigenvalue weighted by molar-refractivity contribution is 5.97. The van der Waals surface area contributed by atoms with E-state index in [9.17, 15) is 4.79 Å². The molecule has 0 bridgehead atoms. The Morgan fingerprint density at radius 3 is 2.60 bits per heavy atom. The van der Waals surface area contributed by atoms with Crippen LogP contribution in [0.1, 0.15) is 61.2 Å². The van der Waals surface area contributed by atoms with Crippen LogP contribution < -0.4 is 5.32 Å². The fourth-order valence-electron chi connectivity index (χ4n) is 2.56. The maximum Gasteiger partial charge on any atom is 0.272 e. The first kappa shape index (κ1) is 14.8. The quantitative estimate of drug-likeness (QED) is 0.818. The Hall–Kier alpha value is -1.57. The van der Waals surface area contributed by atoms with Crippen molar-refractivity contribution in [1.82, 2.24) is 5.32 Å². The Kier molecular flexibility index (Phi) is 4.03. The summed E-state index contributed by atoms with van der Waals surface area (Å²) >= 11 is 0. The van der Waals surface area contributed by atoms with Gasteiger partial charge in [0, 0.05) is 12.1 Å². The number of benzene rings is 1. The summed E-state index contributed by atoms with van der Waals surface area (Å²) in [5, 5.41) is 3.97. The van der Waals surface area contributed by atoms with Crippen LogP contribution in [0.5, 0.6) is 0 Å². The van der Waals surface area contributed by atoms with E-state index in [2.05, 4.69) is 52.1 Å². The number of carbonyl (C=O) groups is 1. The molecule has 1 aromatic rings. The summed E-state index contributed by atoms with van der Waals surface area (Å²) in [5.41, 5.74) is 5.68. The van der Waals surface area contributed by atoms with Crippen molar-refractivity contribution >= 4 is 12.0 Å². The lowest BCUT2D eigenvalue weighted by Gasteiger charge is -2.21. The second-order valence-electron chi connectivity index (χ2n) is 6.36. The maximum atomic E-state index is 12.2.